The quantitative estimate of drug-likeness (QED) is 0.708. The third kappa shape index (κ3) is 6.25. The molecule has 1 heterocycles. The monoisotopic (exact) mass is 448 g/mol. The van der Waals surface area contributed by atoms with E-state index in [-0.39, 0.29) is 29.8 Å². The van der Waals surface area contributed by atoms with E-state index >= 15 is 0 Å². The van der Waals surface area contributed by atoms with Crippen molar-refractivity contribution in [2.75, 3.05) is 19.6 Å². The van der Waals surface area contributed by atoms with E-state index in [0.29, 0.717) is 36.5 Å². The van der Waals surface area contributed by atoms with Crippen LogP contribution >= 0.6 is 11.6 Å². The molecule has 1 N–H and O–H groups in total. The highest BCUT2D eigenvalue weighted by Gasteiger charge is 2.30. The highest BCUT2D eigenvalue weighted by atomic mass is 35.5. The molecule has 0 radical (unpaired) electrons. The first-order chi connectivity index (χ1) is 14.7. The summed E-state index contributed by atoms with van der Waals surface area (Å²) < 4.78 is 38.2. The minimum atomic E-state index is -4.43. The van der Waals surface area contributed by atoms with Crippen molar-refractivity contribution >= 4 is 23.4 Å². The van der Waals surface area contributed by atoms with Crippen molar-refractivity contribution in [3.05, 3.63) is 70.2 Å². The van der Waals surface area contributed by atoms with Gasteiger partial charge in [0.25, 0.3) is 5.91 Å². The molecule has 0 aliphatic carbocycles. The predicted molar refractivity (Wildman–Crippen MR) is 111 cm³/mol. The van der Waals surface area contributed by atoms with Crippen LogP contribution in [0.1, 0.15) is 34.3 Å². The molecule has 0 aromatic heterocycles. The van der Waals surface area contributed by atoms with E-state index in [4.69, 9.17) is 11.6 Å². The lowest BCUT2D eigenvalue weighted by Crippen LogP contribution is -2.45. The maximum absolute atomic E-state index is 12.7. The van der Waals surface area contributed by atoms with E-state index in [9.17, 15) is 22.8 Å². The lowest BCUT2D eigenvalue weighted by molar-refractivity contribution is -0.137. The normalized spacial score (nSPS) is 16.3. The first kappa shape index (κ1) is 22.7. The number of nitrogens with one attached hydrogen (secondary N) is 1. The van der Waals surface area contributed by atoms with E-state index in [2.05, 4.69) is 17.2 Å². The van der Waals surface area contributed by atoms with Crippen LogP contribution in [0.25, 0.3) is 0 Å². The molecule has 2 aromatic carbocycles. The first-order valence-electron chi connectivity index (χ1n) is 9.73. The van der Waals surface area contributed by atoms with Crippen LogP contribution in [-0.2, 0) is 11.0 Å². The molecule has 1 unspecified atom stereocenters. The lowest BCUT2D eigenvalue weighted by atomic mass is 9.96. The fraction of sp³-hybridized carbons (Fsp3) is 0.304. The van der Waals surface area contributed by atoms with Gasteiger partial charge in [-0.3, -0.25) is 9.59 Å². The van der Waals surface area contributed by atoms with Gasteiger partial charge in [-0.2, -0.15) is 13.2 Å². The molecule has 1 fully saturated rings. The van der Waals surface area contributed by atoms with Crippen molar-refractivity contribution in [2.45, 2.75) is 19.0 Å². The summed E-state index contributed by atoms with van der Waals surface area (Å²) in [5, 5.41) is 3.22. The van der Waals surface area contributed by atoms with E-state index in [1.165, 1.54) is 12.1 Å². The van der Waals surface area contributed by atoms with Gasteiger partial charge in [-0.15, -0.1) is 0 Å². The summed E-state index contributed by atoms with van der Waals surface area (Å²) in [7, 11) is 0. The van der Waals surface area contributed by atoms with E-state index in [0.717, 1.165) is 12.1 Å². The summed E-state index contributed by atoms with van der Waals surface area (Å²) in [6.45, 7) is 0.881. The molecule has 1 aliphatic rings. The topological polar surface area (TPSA) is 49.4 Å². The molecule has 0 spiro atoms. The van der Waals surface area contributed by atoms with Gasteiger partial charge >= 0.3 is 6.18 Å². The van der Waals surface area contributed by atoms with Gasteiger partial charge in [0.15, 0.2) is 0 Å². The van der Waals surface area contributed by atoms with E-state index in [1.807, 2.05) is 0 Å². The van der Waals surface area contributed by atoms with Crippen LogP contribution in [0, 0.1) is 17.8 Å². The van der Waals surface area contributed by atoms with Crippen LogP contribution in [-0.4, -0.2) is 36.3 Å². The number of piperidine rings is 1. The molecular weight excluding hydrogens is 429 g/mol. The Hall–Kier alpha value is -2.98. The molecule has 1 aliphatic heterocycles. The summed E-state index contributed by atoms with van der Waals surface area (Å²) in [6.07, 6.45) is -3.08. The van der Waals surface area contributed by atoms with Crippen LogP contribution in [0.5, 0.6) is 0 Å². The van der Waals surface area contributed by atoms with Crippen molar-refractivity contribution in [1.82, 2.24) is 10.2 Å². The average molecular weight is 449 g/mol. The van der Waals surface area contributed by atoms with Gasteiger partial charge in [-0.1, -0.05) is 29.5 Å². The van der Waals surface area contributed by atoms with Gasteiger partial charge in [0, 0.05) is 29.2 Å². The second-order valence-electron chi connectivity index (χ2n) is 7.20. The van der Waals surface area contributed by atoms with Crippen LogP contribution in [0.3, 0.4) is 0 Å². The summed E-state index contributed by atoms with van der Waals surface area (Å²) in [5.41, 5.74) is -0.0325. The van der Waals surface area contributed by atoms with Gasteiger partial charge in [0.2, 0.25) is 5.91 Å². The Morgan fingerprint density at radius 3 is 2.61 bits per heavy atom. The minimum Gasteiger partial charge on any atom is -0.345 e. The average Bonchev–Trinajstić information content (AvgIpc) is 2.76. The number of nitrogens with zero attached hydrogens (tertiary/aromatic N) is 1. The van der Waals surface area contributed by atoms with Crippen LogP contribution in [0.15, 0.2) is 48.5 Å². The number of carbonyl (C=O) groups excluding carboxylic acids is 2. The smallest absolute Gasteiger partial charge is 0.345 e. The standard InChI is InChI=1S/C23H20ClF3N2O2/c24-20-10-8-17(9-11-20)22(31)29-13-3-6-18(15-29)21(30)28-12-2-5-16-4-1-7-19(14-16)23(25,26)27/h1,4,7-11,14,18H,3,6,12-13,15H2,(H,28,30). The molecule has 0 bridgehead atoms. The molecule has 0 saturated carbocycles. The van der Waals surface area contributed by atoms with E-state index < -0.39 is 11.7 Å². The Balaban J connectivity index is 1.54. The first-order valence-corrected chi connectivity index (χ1v) is 10.1. The Morgan fingerprint density at radius 2 is 1.90 bits per heavy atom. The highest BCUT2D eigenvalue weighted by molar-refractivity contribution is 6.30. The summed E-state index contributed by atoms with van der Waals surface area (Å²) in [4.78, 5) is 26.7. The van der Waals surface area contributed by atoms with Crippen LogP contribution < -0.4 is 5.32 Å². The molecular formula is C23H20ClF3N2O2. The summed E-state index contributed by atoms with van der Waals surface area (Å²) in [5.74, 6) is 4.56. The third-order valence-corrected chi connectivity index (χ3v) is 5.20. The number of amides is 2. The molecule has 3 rings (SSSR count). The van der Waals surface area contributed by atoms with Gasteiger partial charge < -0.3 is 10.2 Å². The van der Waals surface area contributed by atoms with Crippen LogP contribution in [0.4, 0.5) is 13.2 Å². The van der Waals surface area contributed by atoms with Crippen LogP contribution in [0.2, 0.25) is 5.02 Å². The number of hydrogen-bond acceptors (Lipinski definition) is 2. The third-order valence-electron chi connectivity index (χ3n) is 4.94. The fourth-order valence-electron chi connectivity index (χ4n) is 3.35. The predicted octanol–water partition coefficient (Wildman–Crippen LogP) is 4.38. The number of benzene rings is 2. The second-order valence-corrected chi connectivity index (χ2v) is 7.63. The molecule has 8 heteroatoms. The molecule has 162 valence electrons. The van der Waals surface area contributed by atoms with Crippen molar-refractivity contribution < 1.29 is 22.8 Å². The van der Waals surface area contributed by atoms with Crippen molar-refractivity contribution in [3.8, 4) is 11.8 Å². The summed E-state index contributed by atoms with van der Waals surface area (Å²) >= 11 is 5.86. The Kier molecular flexibility index (Phi) is 7.24. The lowest BCUT2D eigenvalue weighted by Gasteiger charge is -2.32. The van der Waals surface area contributed by atoms with E-state index in [1.54, 1.807) is 29.2 Å². The SMILES string of the molecule is O=C(NCC#Cc1cccc(C(F)(F)F)c1)C1CCCN(C(=O)c2ccc(Cl)cc2)C1. The zero-order valence-corrected chi connectivity index (χ0v) is 17.3. The largest absolute Gasteiger partial charge is 0.416 e. The van der Waals surface area contributed by atoms with Gasteiger partial charge in [0.1, 0.15) is 0 Å². The maximum Gasteiger partial charge on any atom is 0.416 e. The van der Waals surface area contributed by atoms with Crippen molar-refractivity contribution in [1.29, 1.82) is 0 Å². The maximum atomic E-state index is 12.7. The fourth-order valence-corrected chi connectivity index (χ4v) is 3.47. The Morgan fingerprint density at radius 1 is 1.16 bits per heavy atom. The molecule has 2 aromatic rings. The van der Waals surface area contributed by atoms with Crippen molar-refractivity contribution in [3.63, 3.8) is 0 Å². The van der Waals surface area contributed by atoms with Gasteiger partial charge in [0.05, 0.1) is 18.0 Å². The van der Waals surface area contributed by atoms with Gasteiger partial charge in [-0.05, 0) is 55.3 Å². The number of halogens is 4. The Labute approximate surface area is 183 Å². The summed E-state index contributed by atoms with van der Waals surface area (Å²) in [6, 6.07) is 11.3. The molecule has 1 atom stereocenters. The zero-order valence-electron chi connectivity index (χ0n) is 16.5. The molecule has 31 heavy (non-hydrogen) atoms. The number of carbonyl (C=O) groups is 2. The molecule has 2 amide bonds. The Bertz CT molecular complexity index is 1010. The number of alkyl halides is 3. The van der Waals surface area contributed by atoms with Gasteiger partial charge in [-0.25, -0.2) is 0 Å². The number of hydrogen-bond donors (Lipinski definition) is 1. The minimum absolute atomic E-state index is 0.0106. The molecule has 4 nitrogen and oxygen atoms in total. The second kappa shape index (κ2) is 9.88. The number of rotatable bonds is 3. The van der Waals surface area contributed by atoms with Crippen molar-refractivity contribution in [2.24, 2.45) is 5.92 Å². The highest BCUT2D eigenvalue weighted by Crippen LogP contribution is 2.29. The molecule has 1 saturated heterocycles. The number of likely N-dealkylation sites (tertiary alicyclic amines) is 1. The zero-order chi connectivity index (χ0) is 22.4.